The van der Waals surface area contributed by atoms with Crippen molar-refractivity contribution in [3.8, 4) is 65.9 Å². The number of hydrogen-bond donors (Lipinski definition) is 2. The maximum Gasteiger partial charge on any atom is 0.408 e. The van der Waals surface area contributed by atoms with E-state index in [0.717, 1.165) is 73.5 Å². The summed E-state index contributed by atoms with van der Waals surface area (Å²) in [6, 6.07) is 27.8. The standard InChI is InChI=1S/C26H28N4O3S.C21H20N4OS/c1-15(2)32-22-12-9-16(13-17(22)14-27)23-29-30-24(34-23)20-8-6-7-19-18(20)10-11-21(19)28-25(31)33-26(3,4)5;1-12(2)26-19-9-6-13(10-14(19)11-22)20-24-25-21(27-20)17-5-3-4-16-15(17)7-8-18(16)23/h6-9,12-13,15,21H,10-11H2,1-5H3,(H,28,31);3-6,9-10,12,18H,7-8,23H2,1-2H3/t21-;18-/m00/s1. The summed E-state index contributed by atoms with van der Waals surface area (Å²) in [6.45, 7) is 13.3. The number of carbonyl (C=O) groups excluding carboxylic acids is 1. The van der Waals surface area contributed by atoms with Crippen molar-refractivity contribution in [1.29, 1.82) is 10.5 Å². The highest BCUT2D eigenvalue weighted by Crippen LogP contribution is 2.42. The molecule has 2 atom stereocenters. The molecule has 0 radical (unpaired) electrons. The Labute approximate surface area is 364 Å². The first-order valence-electron chi connectivity index (χ1n) is 20.3. The van der Waals surface area contributed by atoms with E-state index in [9.17, 15) is 15.3 Å². The van der Waals surface area contributed by atoms with Gasteiger partial charge in [-0.3, -0.25) is 0 Å². The highest BCUT2D eigenvalue weighted by molar-refractivity contribution is 7.18. The van der Waals surface area contributed by atoms with Gasteiger partial charge >= 0.3 is 6.09 Å². The minimum absolute atomic E-state index is 0.0140. The molecular formula is C47H48N8O4S2. The zero-order valence-corrected chi connectivity index (χ0v) is 36.9. The number of carbonyl (C=O) groups is 1. The summed E-state index contributed by atoms with van der Waals surface area (Å²) in [5, 5.41) is 42.8. The van der Waals surface area contributed by atoms with Crippen LogP contribution < -0.4 is 20.5 Å². The highest BCUT2D eigenvalue weighted by Gasteiger charge is 2.29. The van der Waals surface area contributed by atoms with Crippen LogP contribution in [0.5, 0.6) is 11.5 Å². The molecule has 1 amide bonds. The van der Waals surface area contributed by atoms with Crippen LogP contribution >= 0.6 is 22.7 Å². The van der Waals surface area contributed by atoms with Gasteiger partial charge in [0, 0.05) is 28.3 Å². The van der Waals surface area contributed by atoms with Crippen molar-refractivity contribution in [2.24, 2.45) is 5.73 Å². The summed E-state index contributed by atoms with van der Waals surface area (Å²) >= 11 is 3.01. The van der Waals surface area contributed by atoms with E-state index in [-0.39, 0.29) is 24.3 Å². The Morgan fingerprint density at radius 1 is 0.721 bits per heavy atom. The molecular weight excluding hydrogens is 805 g/mol. The number of hydrogen-bond acceptors (Lipinski definition) is 13. The Hall–Kier alpha value is -6.19. The number of amides is 1. The molecule has 2 aliphatic rings. The number of nitrogens with two attached hydrogens (primary N) is 1. The van der Waals surface area contributed by atoms with Crippen molar-refractivity contribution in [2.75, 3.05) is 0 Å². The van der Waals surface area contributed by atoms with Crippen molar-refractivity contribution >= 4 is 28.8 Å². The van der Waals surface area contributed by atoms with Gasteiger partial charge in [0.15, 0.2) is 0 Å². The molecule has 0 spiro atoms. The lowest BCUT2D eigenvalue weighted by molar-refractivity contribution is 0.0503. The quantitative estimate of drug-likeness (QED) is 0.141. The fraction of sp³-hybridized carbons (Fsp3) is 0.340. The molecule has 0 fully saturated rings. The van der Waals surface area contributed by atoms with E-state index in [2.05, 4.69) is 50.0 Å². The molecule has 14 heteroatoms. The summed E-state index contributed by atoms with van der Waals surface area (Å²) in [6.07, 6.45) is 3.18. The molecule has 2 aromatic heterocycles. The smallest absolute Gasteiger partial charge is 0.408 e. The van der Waals surface area contributed by atoms with Crippen LogP contribution in [-0.2, 0) is 17.6 Å². The first-order valence-corrected chi connectivity index (χ1v) is 21.9. The lowest BCUT2D eigenvalue weighted by Crippen LogP contribution is -2.34. The number of fused-ring (bicyclic) bond motifs is 2. The molecule has 12 nitrogen and oxygen atoms in total. The van der Waals surface area contributed by atoms with Crippen molar-refractivity contribution in [3.63, 3.8) is 0 Å². The van der Waals surface area contributed by atoms with Crippen LogP contribution in [0.2, 0.25) is 0 Å². The summed E-state index contributed by atoms with van der Waals surface area (Å²) in [7, 11) is 0. The lowest BCUT2D eigenvalue weighted by Gasteiger charge is -2.22. The number of nitrogens with zero attached hydrogens (tertiary/aromatic N) is 6. The minimum atomic E-state index is -0.541. The van der Waals surface area contributed by atoms with Crippen LogP contribution in [0.3, 0.4) is 0 Å². The van der Waals surface area contributed by atoms with Crippen molar-refractivity contribution in [2.45, 2.75) is 104 Å². The van der Waals surface area contributed by atoms with Crippen LogP contribution in [0, 0.1) is 22.7 Å². The number of benzene rings is 4. The van der Waals surface area contributed by atoms with Crippen molar-refractivity contribution in [3.05, 3.63) is 106 Å². The number of nitrogens with one attached hydrogen (secondary N) is 1. The molecule has 3 N–H and O–H groups in total. The number of nitriles is 2. The Morgan fingerprint density at radius 2 is 1.20 bits per heavy atom. The monoisotopic (exact) mass is 852 g/mol. The Kier molecular flexibility index (Phi) is 12.8. The summed E-state index contributed by atoms with van der Waals surface area (Å²) in [5.74, 6) is 1.16. The zero-order chi connectivity index (χ0) is 43.4. The topological polar surface area (TPSA) is 182 Å². The third-order valence-electron chi connectivity index (χ3n) is 10.0. The third-order valence-corrected chi connectivity index (χ3v) is 12.0. The second-order valence-electron chi connectivity index (χ2n) is 16.4. The third kappa shape index (κ3) is 9.90. The molecule has 0 saturated carbocycles. The van der Waals surface area contributed by atoms with Gasteiger partial charge in [0.05, 0.1) is 29.4 Å². The SMILES string of the molecule is CC(C)Oc1ccc(-c2nnc(-c3cccc4c3CC[C@@H]4N)s2)cc1C#N.CC(C)Oc1ccc(-c2nnc(-c3cccc4c3CC[C@@H]4NC(=O)OC(C)(C)C)s2)cc1C#N. The second kappa shape index (κ2) is 18.2. The molecule has 2 heterocycles. The van der Waals surface area contributed by atoms with E-state index < -0.39 is 11.7 Å². The van der Waals surface area contributed by atoms with Gasteiger partial charge in [0.25, 0.3) is 0 Å². The fourth-order valence-corrected chi connectivity index (χ4v) is 9.24. The Morgan fingerprint density at radius 3 is 1.69 bits per heavy atom. The van der Waals surface area contributed by atoms with Crippen LogP contribution in [0.1, 0.15) is 107 Å². The molecule has 6 aromatic rings. The van der Waals surface area contributed by atoms with Gasteiger partial charge < -0.3 is 25.3 Å². The average Bonchev–Trinajstić information content (AvgIpc) is 4.05. The molecule has 0 saturated heterocycles. The molecule has 312 valence electrons. The van der Waals surface area contributed by atoms with Gasteiger partial charge in [-0.1, -0.05) is 59.1 Å². The van der Waals surface area contributed by atoms with E-state index in [1.165, 1.54) is 39.4 Å². The molecule has 8 rings (SSSR count). The van der Waals surface area contributed by atoms with Gasteiger partial charge in [0.1, 0.15) is 49.3 Å². The van der Waals surface area contributed by atoms with E-state index in [4.69, 9.17) is 19.9 Å². The fourth-order valence-electron chi connectivity index (χ4n) is 7.45. The largest absolute Gasteiger partial charge is 0.490 e. The summed E-state index contributed by atoms with van der Waals surface area (Å²) in [5.41, 5.74) is 15.2. The first-order chi connectivity index (χ1) is 29.2. The van der Waals surface area contributed by atoms with E-state index in [0.29, 0.717) is 22.6 Å². The van der Waals surface area contributed by atoms with E-state index in [1.54, 1.807) is 6.07 Å². The number of ether oxygens (including phenoxy) is 3. The normalized spacial score (nSPS) is 15.3. The van der Waals surface area contributed by atoms with Gasteiger partial charge in [-0.2, -0.15) is 10.5 Å². The first kappa shape index (κ1) is 42.9. The van der Waals surface area contributed by atoms with Crippen molar-refractivity contribution < 1.29 is 19.0 Å². The lowest BCUT2D eigenvalue weighted by atomic mass is 10.0. The summed E-state index contributed by atoms with van der Waals surface area (Å²) in [4.78, 5) is 12.3. The van der Waals surface area contributed by atoms with E-state index in [1.807, 2.05) is 103 Å². The van der Waals surface area contributed by atoms with Gasteiger partial charge in [0.2, 0.25) is 0 Å². The highest BCUT2D eigenvalue weighted by atomic mass is 32.1. The maximum absolute atomic E-state index is 12.3. The molecule has 4 aromatic carbocycles. The number of rotatable bonds is 9. The zero-order valence-electron chi connectivity index (χ0n) is 35.3. The number of aromatic nitrogens is 4. The Balaban J connectivity index is 0.000000189. The molecule has 2 aliphatic carbocycles. The van der Waals surface area contributed by atoms with Crippen LogP contribution in [0.25, 0.3) is 42.3 Å². The average molecular weight is 853 g/mol. The molecule has 0 unspecified atom stereocenters. The summed E-state index contributed by atoms with van der Waals surface area (Å²) < 4.78 is 16.8. The molecule has 61 heavy (non-hydrogen) atoms. The second-order valence-corrected chi connectivity index (χ2v) is 18.4. The predicted octanol–water partition coefficient (Wildman–Crippen LogP) is 10.5. The van der Waals surface area contributed by atoms with Crippen LogP contribution in [0.15, 0.2) is 72.8 Å². The maximum atomic E-state index is 12.3. The molecule has 0 bridgehead atoms. The van der Waals surface area contributed by atoms with Gasteiger partial charge in [-0.15, -0.1) is 20.4 Å². The Bertz CT molecular complexity index is 2650. The van der Waals surface area contributed by atoms with Crippen LogP contribution in [-0.4, -0.2) is 44.3 Å². The van der Waals surface area contributed by atoms with Crippen LogP contribution in [0.4, 0.5) is 4.79 Å². The van der Waals surface area contributed by atoms with Gasteiger partial charge in [-0.25, -0.2) is 4.79 Å². The number of alkyl carbamates (subject to hydrolysis) is 1. The molecule has 0 aliphatic heterocycles. The predicted molar refractivity (Wildman–Crippen MR) is 238 cm³/mol. The van der Waals surface area contributed by atoms with E-state index >= 15 is 0 Å². The minimum Gasteiger partial charge on any atom is -0.490 e. The van der Waals surface area contributed by atoms with Crippen molar-refractivity contribution in [1.82, 2.24) is 25.7 Å². The van der Waals surface area contributed by atoms with Gasteiger partial charge in [-0.05, 0) is 133 Å².